The summed E-state index contributed by atoms with van der Waals surface area (Å²) in [7, 11) is 0. The fourth-order valence-corrected chi connectivity index (χ4v) is 7.81. The minimum Gasteiger partial charge on any atom is -0.455 e. The Labute approximate surface area is 237 Å². The Morgan fingerprint density at radius 1 is 1.12 bits per heavy atom. The number of aliphatic hydroxyl groups is 3. The number of ketones is 1. The average molecular weight is 573 g/mol. The highest BCUT2D eigenvalue weighted by Gasteiger charge is 2.77. The summed E-state index contributed by atoms with van der Waals surface area (Å²) < 4.78 is 23.1. The van der Waals surface area contributed by atoms with Crippen LogP contribution in [-0.2, 0) is 33.3 Å². The van der Waals surface area contributed by atoms with Gasteiger partial charge in [0, 0.05) is 31.1 Å². The van der Waals surface area contributed by atoms with E-state index in [1.165, 1.54) is 26.0 Å². The Hall–Kier alpha value is -3.12. The van der Waals surface area contributed by atoms with Gasteiger partial charge in [-0.3, -0.25) is 14.4 Å². The van der Waals surface area contributed by atoms with Crippen LogP contribution in [0, 0.1) is 22.7 Å². The Morgan fingerprint density at radius 3 is 2.34 bits per heavy atom. The van der Waals surface area contributed by atoms with Gasteiger partial charge in [-0.15, -0.1) is 0 Å². The number of hydrogen-bond donors (Lipinski definition) is 3. The van der Waals surface area contributed by atoms with Gasteiger partial charge >= 0.3 is 11.9 Å². The average Bonchev–Trinajstić information content (AvgIpc) is 2.91. The number of carbonyl (C=O) groups excluding carboxylic acids is 4. The summed E-state index contributed by atoms with van der Waals surface area (Å²) in [6.45, 7) is 7.37. The molecule has 0 amide bonds. The van der Waals surface area contributed by atoms with Gasteiger partial charge in [0.25, 0.3) is 6.47 Å². The lowest BCUT2D eigenvalue weighted by atomic mass is 9.45. The van der Waals surface area contributed by atoms with Crippen molar-refractivity contribution in [1.29, 1.82) is 0 Å². The summed E-state index contributed by atoms with van der Waals surface area (Å²) >= 11 is 0. The lowest BCUT2D eigenvalue weighted by Gasteiger charge is -2.67. The van der Waals surface area contributed by atoms with Crippen LogP contribution in [0.15, 0.2) is 41.7 Å². The standard InChI is InChI=1S/C30H36O11/c1-15-18(33)12-30(37)25(40-26(36)17-9-7-6-8-10-17)23-28(5,24(35)22(39-14-31)21(15)27(30,3)4)19(34)11-20-29(23,13-38-20)41-16(2)32/h6-10,14-15,18-20,23,25,33-34,37H,11-13H2,1-5H3/t15?,18-,19-,20+,23-,25+,28+,29-,30+/m0/s1. The van der Waals surface area contributed by atoms with Crippen LogP contribution in [-0.4, -0.2) is 81.7 Å². The van der Waals surface area contributed by atoms with Crippen LogP contribution in [0.3, 0.4) is 0 Å². The summed E-state index contributed by atoms with van der Waals surface area (Å²) in [5.41, 5.74) is -6.71. The third-order valence-electron chi connectivity index (χ3n) is 10.1. The van der Waals surface area contributed by atoms with E-state index in [4.69, 9.17) is 18.9 Å². The van der Waals surface area contributed by atoms with Crippen molar-refractivity contribution in [3.63, 3.8) is 0 Å². The molecule has 5 rings (SSSR count). The number of Topliss-reactive ketones (excluding diaryl/α,β-unsaturated/α-hetero) is 1. The second-order valence-electron chi connectivity index (χ2n) is 12.4. The molecule has 0 aromatic heterocycles. The molecule has 11 nitrogen and oxygen atoms in total. The van der Waals surface area contributed by atoms with Gasteiger partial charge < -0.3 is 34.3 Å². The maximum Gasteiger partial charge on any atom is 0.338 e. The highest BCUT2D eigenvalue weighted by atomic mass is 16.6. The molecule has 222 valence electrons. The first kappa shape index (κ1) is 29.4. The van der Waals surface area contributed by atoms with Crippen molar-refractivity contribution >= 4 is 24.2 Å². The predicted octanol–water partition coefficient (Wildman–Crippen LogP) is 1.47. The number of ether oxygens (including phenoxy) is 4. The smallest absolute Gasteiger partial charge is 0.338 e. The number of rotatable bonds is 5. The van der Waals surface area contributed by atoms with E-state index in [1.54, 1.807) is 39.0 Å². The molecule has 1 saturated heterocycles. The molecule has 1 unspecified atom stereocenters. The number of aliphatic hydroxyl groups excluding tert-OH is 2. The third-order valence-corrected chi connectivity index (χ3v) is 10.1. The first-order valence-corrected chi connectivity index (χ1v) is 13.7. The van der Waals surface area contributed by atoms with Crippen LogP contribution in [0.2, 0.25) is 0 Å². The van der Waals surface area contributed by atoms with Crippen molar-refractivity contribution in [1.82, 2.24) is 0 Å². The molecule has 4 aliphatic rings. The second-order valence-corrected chi connectivity index (χ2v) is 12.4. The largest absolute Gasteiger partial charge is 0.455 e. The Balaban J connectivity index is 1.85. The van der Waals surface area contributed by atoms with Crippen LogP contribution in [0.25, 0.3) is 0 Å². The van der Waals surface area contributed by atoms with Gasteiger partial charge in [-0.1, -0.05) is 39.0 Å². The molecular formula is C30H36O11. The van der Waals surface area contributed by atoms with Crippen molar-refractivity contribution in [2.45, 2.75) is 83.1 Å². The van der Waals surface area contributed by atoms with E-state index in [0.29, 0.717) is 0 Å². The normalized spacial score (nSPS) is 41.0. The van der Waals surface area contributed by atoms with Gasteiger partial charge in [0.2, 0.25) is 5.78 Å². The van der Waals surface area contributed by atoms with E-state index < -0.39 is 81.8 Å². The highest BCUT2D eigenvalue weighted by molar-refractivity contribution is 6.01. The van der Waals surface area contributed by atoms with Crippen LogP contribution in [0.4, 0.5) is 0 Å². The van der Waals surface area contributed by atoms with Crippen LogP contribution >= 0.6 is 0 Å². The molecule has 1 aromatic carbocycles. The van der Waals surface area contributed by atoms with Crippen molar-refractivity contribution in [3.05, 3.63) is 47.2 Å². The zero-order chi connectivity index (χ0) is 30.1. The van der Waals surface area contributed by atoms with E-state index in [0.717, 1.165) is 0 Å². The Kier molecular flexibility index (Phi) is 6.97. The first-order valence-electron chi connectivity index (χ1n) is 13.7. The lowest BCUT2D eigenvalue weighted by molar-refractivity contribution is -0.345. The van der Waals surface area contributed by atoms with E-state index in [9.17, 15) is 34.5 Å². The minimum atomic E-state index is -2.10. The zero-order valence-corrected chi connectivity index (χ0v) is 23.7. The van der Waals surface area contributed by atoms with Crippen molar-refractivity contribution in [3.8, 4) is 0 Å². The molecule has 2 saturated carbocycles. The van der Waals surface area contributed by atoms with Crippen molar-refractivity contribution in [2.75, 3.05) is 6.61 Å². The molecule has 41 heavy (non-hydrogen) atoms. The topological polar surface area (TPSA) is 166 Å². The number of benzene rings is 1. The van der Waals surface area contributed by atoms with Gasteiger partial charge in [-0.2, -0.15) is 0 Å². The summed E-state index contributed by atoms with van der Waals surface area (Å²) in [6.07, 6.45) is -5.59. The summed E-state index contributed by atoms with van der Waals surface area (Å²) in [4.78, 5) is 52.5. The molecule has 2 bridgehead atoms. The number of carbonyl (C=O) groups is 4. The molecule has 0 radical (unpaired) electrons. The first-order chi connectivity index (χ1) is 19.2. The summed E-state index contributed by atoms with van der Waals surface area (Å²) in [5, 5.41) is 35.6. The molecule has 1 aliphatic heterocycles. The Bertz CT molecular complexity index is 1300. The maximum absolute atomic E-state index is 14.6. The summed E-state index contributed by atoms with van der Waals surface area (Å²) in [5.74, 6) is -4.87. The van der Waals surface area contributed by atoms with Crippen LogP contribution in [0.5, 0.6) is 0 Å². The molecular weight excluding hydrogens is 536 g/mol. The van der Waals surface area contributed by atoms with E-state index in [-0.39, 0.29) is 37.1 Å². The molecule has 11 heteroatoms. The molecule has 9 atom stereocenters. The van der Waals surface area contributed by atoms with E-state index in [2.05, 4.69) is 0 Å². The fourth-order valence-electron chi connectivity index (χ4n) is 7.81. The second kappa shape index (κ2) is 9.72. The summed E-state index contributed by atoms with van der Waals surface area (Å²) in [6, 6.07) is 8.04. The monoisotopic (exact) mass is 572 g/mol. The molecule has 3 aliphatic carbocycles. The van der Waals surface area contributed by atoms with Crippen molar-refractivity contribution < 1.29 is 53.4 Å². The van der Waals surface area contributed by atoms with Crippen molar-refractivity contribution in [2.24, 2.45) is 22.7 Å². The molecule has 1 aromatic rings. The van der Waals surface area contributed by atoms with E-state index >= 15 is 0 Å². The van der Waals surface area contributed by atoms with Gasteiger partial charge in [0.1, 0.15) is 17.8 Å². The minimum absolute atomic E-state index is 0.0856. The molecule has 0 spiro atoms. The van der Waals surface area contributed by atoms with E-state index in [1.807, 2.05) is 0 Å². The zero-order valence-electron chi connectivity index (χ0n) is 23.7. The quantitative estimate of drug-likeness (QED) is 0.266. The SMILES string of the molecule is CC(=O)O[C@@]12CO[C@@H]1C[C@H](O)[C@@]1(C)C(=O)C(OC=O)=C3C(C)[C@@H](O)C[C@@](O)([C@H](OC(=O)c4ccccc4)[C@H]21)C3(C)C. The van der Waals surface area contributed by atoms with Gasteiger partial charge in [0.15, 0.2) is 11.4 Å². The number of fused-ring (bicyclic) bond motifs is 5. The number of esters is 2. The molecule has 1 heterocycles. The van der Waals surface area contributed by atoms with Crippen LogP contribution in [0.1, 0.15) is 57.8 Å². The fraction of sp³-hybridized carbons (Fsp3) is 0.600. The molecule has 3 N–H and O–H groups in total. The van der Waals surface area contributed by atoms with Gasteiger partial charge in [-0.05, 0) is 24.6 Å². The third kappa shape index (κ3) is 3.93. The number of allylic oxidation sites excluding steroid dienone is 1. The van der Waals surface area contributed by atoms with Crippen LogP contribution < -0.4 is 0 Å². The lowest BCUT2D eigenvalue weighted by Crippen LogP contribution is -2.81. The molecule has 3 fully saturated rings. The highest BCUT2D eigenvalue weighted by Crippen LogP contribution is 2.64. The maximum atomic E-state index is 14.6. The number of hydrogen-bond acceptors (Lipinski definition) is 11. The predicted molar refractivity (Wildman–Crippen MR) is 140 cm³/mol. The Morgan fingerprint density at radius 2 is 1.78 bits per heavy atom. The van der Waals surface area contributed by atoms with Gasteiger partial charge in [0.05, 0.1) is 35.7 Å². The van der Waals surface area contributed by atoms with Gasteiger partial charge in [-0.25, -0.2) is 4.79 Å².